The van der Waals surface area contributed by atoms with Crippen molar-refractivity contribution in [2.24, 2.45) is 5.73 Å². The molecule has 0 aliphatic heterocycles. The molecule has 102 valence electrons. The Bertz CT molecular complexity index is 341. The fraction of sp³-hybridized carbons (Fsp3) is 0.571. The predicted molar refractivity (Wildman–Crippen MR) is 73.3 cm³/mol. The van der Waals surface area contributed by atoms with Crippen LogP contribution in [0.1, 0.15) is 25.5 Å². The summed E-state index contributed by atoms with van der Waals surface area (Å²) in [5, 5.41) is 3.49. The molecule has 1 aromatic carbocycles. The highest BCUT2D eigenvalue weighted by Gasteiger charge is 2.34. The van der Waals surface area contributed by atoms with Crippen molar-refractivity contribution in [3.63, 3.8) is 0 Å². The molecule has 0 heterocycles. The van der Waals surface area contributed by atoms with Crippen molar-refractivity contribution < 1.29 is 9.47 Å². The number of nitrogens with two attached hydrogens (primary N) is 1. The van der Waals surface area contributed by atoms with Crippen molar-refractivity contribution in [1.82, 2.24) is 5.32 Å². The van der Waals surface area contributed by atoms with Crippen LogP contribution in [0.25, 0.3) is 0 Å². The molecule has 4 nitrogen and oxygen atoms in total. The van der Waals surface area contributed by atoms with Crippen LogP contribution >= 0.6 is 0 Å². The van der Waals surface area contributed by atoms with Crippen LogP contribution in [0.15, 0.2) is 30.3 Å². The molecule has 0 saturated heterocycles. The number of rotatable bonds is 7. The Labute approximate surface area is 109 Å². The quantitative estimate of drug-likeness (QED) is 0.725. The van der Waals surface area contributed by atoms with Crippen LogP contribution in [0, 0.1) is 0 Å². The average Bonchev–Trinajstić information content (AvgIpc) is 2.41. The van der Waals surface area contributed by atoms with Crippen LogP contribution in [-0.2, 0) is 9.47 Å². The van der Waals surface area contributed by atoms with E-state index in [1.807, 2.05) is 25.1 Å². The van der Waals surface area contributed by atoms with Gasteiger partial charge in [0.05, 0.1) is 5.54 Å². The fourth-order valence-corrected chi connectivity index (χ4v) is 2.16. The van der Waals surface area contributed by atoms with Gasteiger partial charge in [0.15, 0.2) is 6.29 Å². The first-order valence-electron chi connectivity index (χ1n) is 6.15. The van der Waals surface area contributed by atoms with Gasteiger partial charge in [-0.15, -0.1) is 0 Å². The molecule has 1 aromatic rings. The monoisotopic (exact) mass is 252 g/mol. The lowest BCUT2D eigenvalue weighted by atomic mass is 9.98. The maximum absolute atomic E-state index is 5.86. The summed E-state index contributed by atoms with van der Waals surface area (Å²) in [6.45, 7) is 4.53. The van der Waals surface area contributed by atoms with E-state index >= 15 is 0 Å². The Morgan fingerprint density at radius 2 is 1.78 bits per heavy atom. The number of methoxy groups -OCH3 is 2. The highest BCUT2D eigenvalue weighted by atomic mass is 16.7. The van der Waals surface area contributed by atoms with E-state index in [9.17, 15) is 0 Å². The van der Waals surface area contributed by atoms with Crippen LogP contribution in [0.3, 0.4) is 0 Å². The fourth-order valence-electron chi connectivity index (χ4n) is 2.16. The van der Waals surface area contributed by atoms with Crippen molar-refractivity contribution in [3.05, 3.63) is 35.9 Å². The summed E-state index contributed by atoms with van der Waals surface area (Å²) in [4.78, 5) is 0. The molecule has 0 amide bonds. The van der Waals surface area contributed by atoms with Gasteiger partial charge in [0, 0.05) is 26.8 Å². The number of hydrogen-bond donors (Lipinski definition) is 2. The predicted octanol–water partition coefficient (Wildman–Crippen LogP) is 1.67. The van der Waals surface area contributed by atoms with Gasteiger partial charge >= 0.3 is 0 Å². The Kier molecular flexibility index (Phi) is 5.75. The zero-order valence-electron chi connectivity index (χ0n) is 11.6. The van der Waals surface area contributed by atoms with Crippen molar-refractivity contribution in [3.8, 4) is 0 Å². The van der Waals surface area contributed by atoms with Crippen molar-refractivity contribution in [1.29, 1.82) is 0 Å². The highest BCUT2D eigenvalue weighted by molar-refractivity contribution is 5.18. The summed E-state index contributed by atoms with van der Waals surface area (Å²) < 4.78 is 10.7. The molecule has 0 fully saturated rings. The van der Waals surface area contributed by atoms with Crippen molar-refractivity contribution in [2.45, 2.75) is 31.7 Å². The first-order valence-corrected chi connectivity index (χ1v) is 6.15. The van der Waals surface area contributed by atoms with Crippen LogP contribution in [0.2, 0.25) is 0 Å². The van der Waals surface area contributed by atoms with Crippen LogP contribution in [0.4, 0.5) is 0 Å². The van der Waals surface area contributed by atoms with E-state index < -0.39 is 5.54 Å². The van der Waals surface area contributed by atoms with Crippen LogP contribution in [-0.4, -0.2) is 32.6 Å². The lowest BCUT2D eigenvalue weighted by Gasteiger charge is -2.38. The smallest absolute Gasteiger partial charge is 0.175 e. The Balaban J connectivity index is 2.79. The molecular formula is C14H24N2O2. The van der Waals surface area contributed by atoms with Crippen molar-refractivity contribution >= 4 is 0 Å². The molecule has 0 spiro atoms. The van der Waals surface area contributed by atoms with E-state index in [4.69, 9.17) is 15.2 Å². The van der Waals surface area contributed by atoms with Gasteiger partial charge < -0.3 is 15.2 Å². The first kappa shape index (κ1) is 15.1. The number of ether oxygens (including phenoxy) is 2. The molecule has 2 atom stereocenters. The third-order valence-corrected chi connectivity index (χ3v) is 3.22. The number of nitrogens with one attached hydrogen (secondary N) is 1. The minimum atomic E-state index is -0.432. The second kappa shape index (κ2) is 6.85. The Morgan fingerprint density at radius 3 is 2.22 bits per heavy atom. The minimum absolute atomic E-state index is 0.174. The normalized spacial score (nSPS) is 16.6. The topological polar surface area (TPSA) is 56.5 Å². The third-order valence-electron chi connectivity index (χ3n) is 3.22. The summed E-state index contributed by atoms with van der Waals surface area (Å²) in [5.41, 5.74) is 6.64. The van der Waals surface area contributed by atoms with Gasteiger partial charge in [0.2, 0.25) is 0 Å². The molecule has 0 aliphatic carbocycles. The van der Waals surface area contributed by atoms with Gasteiger partial charge in [0.1, 0.15) is 0 Å². The zero-order chi connectivity index (χ0) is 13.6. The molecular weight excluding hydrogens is 228 g/mol. The third kappa shape index (κ3) is 3.53. The molecule has 0 aliphatic rings. The molecule has 1 rings (SSSR count). The average molecular weight is 252 g/mol. The van der Waals surface area contributed by atoms with Gasteiger partial charge in [-0.2, -0.15) is 0 Å². The summed E-state index contributed by atoms with van der Waals surface area (Å²) in [7, 11) is 3.24. The molecule has 2 unspecified atom stereocenters. The van der Waals surface area contributed by atoms with Gasteiger partial charge in [-0.1, -0.05) is 30.3 Å². The maximum atomic E-state index is 5.86. The van der Waals surface area contributed by atoms with E-state index in [1.54, 1.807) is 14.2 Å². The first-order chi connectivity index (χ1) is 8.57. The molecule has 0 radical (unpaired) electrons. The molecule has 4 heteroatoms. The van der Waals surface area contributed by atoms with E-state index in [0.29, 0.717) is 6.54 Å². The second-order valence-corrected chi connectivity index (χ2v) is 4.70. The molecule has 18 heavy (non-hydrogen) atoms. The van der Waals surface area contributed by atoms with E-state index in [0.717, 1.165) is 0 Å². The number of hydrogen-bond acceptors (Lipinski definition) is 4. The molecule has 0 aromatic heterocycles. The van der Waals surface area contributed by atoms with E-state index in [2.05, 4.69) is 24.4 Å². The molecule has 3 N–H and O–H groups in total. The van der Waals surface area contributed by atoms with Crippen molar-refractivity contribution in [2.75, 3.05) is 20.8 Å². The van der Waals surface area contributed by atoms with Gasteiger partial charge in [-0.3, -0.25) is 5.32 Å². The standard InChI is InChI=1S/C14H24N2O2/c1-11(12-8-6-5-7-9-12)16-14(2,10-15)13(17-3)18-4/h5-9,11,13,16H,10,15H2,1-4H3. The minimum Gasteiger partial charge on any atom is -0.354 e. The largest absolute Gasteiger partial charge is 0.354 e. The van der Waals surface area contributed by atoms with Gasteiger partial charge in [-0.25, -0.2) is 0 Å². The Morgan fingerprint density at radius 1 is 1.22 bits per heavy atom. The van der Waals surface area contributed by atoms with Gasteiger partial charge in [-0.05, 0) is 19.4 Å². The summed E-state index contributed by atoms with van der Waals surface area (Å²) in [6.07, 6.45) is -0.381. The molecule has 0 bridgehead atoms. The lowest BCUT2D eigenvalue weighted by molar-refractivity contribution is -0.151. The van der Waals surface area contributed by atoms with E-state index in [-0.39, 0.29) is 12.3 Å². The molecule has 0 saturated carbocycles. The van der Waals surface area contributed by atoms with Crippen LogP contribution in [0.5, 0.6) is 0 Å². The second-order valence-electron chi connectivity index (χ2n) is 4.70. The maximum Gasteiger partial charge on any atom is 0.175 e. The summed E-state index contributed by atoms with van der Waals surface area (Å²) >= 11 is 0. The summed E-state index contributed by atoms with van der Waals surface area (Å²) in [5.74, 6) is 0. The van der Waals surface area contributed by atoms with Crippen LogP contribution < -0.4 is 11.1 Å². The SMILES string of the molecule is COC(OC)C(C)(CN)NC(C)c1ccccc1. The van der Waals surface area contributed by atoms with Gasteiger partial charge in [0.25, 0.3) is 0 Å². The summed E-state index contributed by atoms with van der Waals surface area (Å²) in [6, 6.07) is 10.4. The number of benzene rings is 1. The highest BCUT2D eigenvalue weighted by Crippen LogP contribution is 2.20. The zero-order valence-corrected chi connectivity index (χ0v) is 11.6. The van der Waals surface area contributed by atoms with E-state index in [1.165, 1.54) is 5.56 Å². The Hall–Kier alpha value is -0.940. The lowest BCUT2D eigenvalue weighted by Crippen LogP contribution is -2.59.